The number of halogens is 1. The number of nitrogens with zero attached hydrogens (tertiary/aromatic N) is 1. The van der Waals surface area contributed by atoms with Gasteiger partial charge in [0, 0.05) is 11.3 Å². The van der Waals surface area contributed by atoms with Gasteiger partial charge in [-0.05, 0) is 38.1 Å². The second-order valence-corrected chi connectivity index (χ2v) is 6.32. The molecule has 1 aromatic heterocycles. The van der Waals surface area contributed by atoms with Crippen molar-refractivity contribution >= 4 is 23.2 Å². The predicted octanol–water partition coefficient (Wildman–Crippen LogP) is 4.08. The monoisotopic (exact) mass is 406 g/mol. The molecule has 0 spiro atoms. The highest BCUT2D eigenvalue weighted by Gasteiger charge is 2.24. The molecule has 0 radical (unpaired) electrons. The summed E-state index contributed by atoms with van der Waals surface area (Å²) < 4.78 is 18.2. The van der Waals surface area contributed by atoms with Crippen molar-refractivity contribution in [1.82, 2.24) is 10.5 Å². The molecule has 0 aliphatic heterocycles. The number of hydrogen-bond acceptors (Lipinski definition) is 5. The maximum absolute atomic E-state index is 13.0. The van der Waals surface area contributed by atoms with Crippen molar-refractivity contribution in [2.75, 3.05) is 5.32 Å². The van der Waals surface area contributed by atoms with E-state index in [1.807, 2.05) is 18.2 Å². The van der Waals surface area contributed by atoms with Crippen molar-refractivity contribution in [2.24, 2.45) is 0 Å². The first-order valence-electron chi connectivity index (χ1n) is 9.06. The molecule has 2 amide bonds. The number of allylic oxidation sites excluding steroid dienone is 1. The zero-order valence-electron chi connectivity index (χ0n) is 16.3. The van der Waals surface area contributed by atoms with Gasteiger partial charge in [-0.3, -0.25) is 15.0 Å². The van der Waals surface area contributed by atoms with E-state index >= 15 is 0 Å². The third kappa shape index (κ3) is 4.49. The van der Waals surface area contributed by atoms with E-state index in [1.165, 1.54) is 30.3 Å². The van der Waals surface area contributed by atoms with Gasteiger partial charge in [0.25, 0.3) is 11.8 Å². The third-order valence-corrected chi connectivity index (χ3v) is 4.27. The van der Waals surface area contributed by atoms with Gasteiger partial charge >= 0.3 is 0 Å². The number of hydrogen-bond donors (Lipinski definition) is 3. The number of amides is 2. The van der Waals surface area contributed by atoms with Crippen molar-refractivity contribution in [3.8, 4) is 11.3 Å². The molecule has 0 saturated heterocycles. The second-order valence-electron chi connectivity index (χ2n) is 6.32. The Morgan fingerprint density at radius 1 is 1.10 bits per heavy atom. The Morgan fingerprint density at radius 2 is 1.77 bits per heavy atom. The van der Waals surface area contributed by atoms with Crippen molar-refractivity contribution in [3.05, 3.63) is 83.5 Å². The van der Waals surface area contributed by atoms with E-state index in [9.17, 15) is 14.0 Å². The molecule has 0 saturated carbocycles. The summed E-state index contributed by atoms with van der Waals surface area (Å²) in [6, 6.07) is 14.2. The maximum Gasteiger partial charge on any atom is 0.275 e. The molecule has 0 aliphatic rings. The van der Waals surface area contributed by atoms with E-state index in [2.05, 4.69) is 15.8 Å². The lowest BCUT2D eigenvalue weighted by Gasteiger charge is -2.11. The molecule has 0 unspecified atom stereocenters. The zero-order valence-corrected chi connectivity index (χ0v) is 16.3. The Morgan fingerprint density at radius 3 is 2.40 bits per heavy atom. The molecule has 3 N–H and O–H groups in total. The average Bonchev–Trinajstić information content (AvgIpc) is 3.15. The van der Waals surface area contributed by atoms with Crippen molar-refractivity contribution in [1.29, 1.82) is 5.41 Å². The lowest BCUT2D eigenvalue weighted by atomic mass is 10.1. The first-order valence-corrected chi connectivity index (χ1v) is 9.06. The van der Waals surface area contributed by atoms with Gasteiger partial charge in [0.2, 0.25) is 0 Å². The SMILES string of the molecule is C/C=C(/NC(=O)c1c(-c2ccccc2)noc1C)C(=N)C(=O)Nc1ccc(F)cc1. The fourth-order valence-corrected chi connectivity index (χ4v) is 2.75. The molecule has 0 bridgehead atoms. The van der Waals surface area contributed by atoms with E-state index in [0.29, 0.717) is 22.7 Å². The average molecular weight is 406 g/mol. The minimum Gasteiger partial charge on any atom is -0.360 e. The first kappa shape index (κ1) is 20.7. The van der Waals surface area contributed by atoms with Gasteiger partial charge in [-0.1, -0.05) is 41.6 Å². The Labute approximate surface area is 172 Å². The van der Waals surface area contributed by atoms with Gasteiger partial charge in [0.15, 0.2) is 0 Å². The van der Waals surface area contributed by atoms with Crippen molar-refractivity contribution in [2.45, 2.75) is 13.8 Å². The molecule has 1 heterocycles. The van der Waals surface area contributed by atoms with Gasteiger partial charge in [0.05, 0.1) is 5.70 Å². The van der Waals surface area contributed by atoms with Gasteiger partial charge in [-0.15, -0.1) is 0 Å². The predicted molar refractivity (Wildman–Crippen MR) is 111 cm³/mol. The Balaban J connectivity index is 1.77. The molecular weight excluding hydrogens is 387 g/mol. The number of aryl methyl sites for hydroxylation is 1. The number of carbonyl (C=O) groups excluding carboxylic acids is 2. The highest BCUT2D eigenvalue weighted by molar-refractivity contribution is 6.48. The molecule has 0 aliphatic carbocycles. The van der Waals surface area contributed by atoms with Crippen LogP contribution in [-0.2, 0) is 4.79 Å². The fraction of sp³-hybridized carbons (Fsp3) is 0.0909. The molecule has 0 fully saturated rings. The lowest BCUT2D eigenvalue weighted by Crippen LogP contribution is -2.33. The highest BCUT2D eigenvalue weighted by Crippen LogP contribution is 2.25. The summed E-state index contributed by atoms with van der Waals surface area (Å²) in [6.45, 7) is 3.20. The van der Waals surface area contributed by atoms with E-state index in [4.69, 9.17) is 9.93 Å². The molecule has 2 aromatic carbocycles. The van der Waals surface area contributed by atoms with Crippen LogP contribution in [0.3, 0.4) is 0 Å². The van der Waals surface area contributed by atoms with E-state index < -0.39 is 23.3 Å². The summed E-state index contributed by atoms with van der Waals surface area (Å²) in [4.78, 5) is 25.3. The maximum atomic E-state index is 13.0. The molecular formula is C22H19FN4O3. The number of anilines is 1. The minimum atomic E-state index is -0.750. The number of aromatic nitrogens is 1. The Kier molecular flexibility index (Phi) is 6.17. The Bertz CT molecular complexity index is 1120. The van der Waals surface area contributed by atoms with Crippen LogP contribution in [0.15, 0.2) is 70.9 Å². The molecule has 30 heavy (non-hydrogen) atoms. The van der Waals surface area contributed by atoms with Gasteiger partial charge in [-0.2, -0.15) is 0 Å². The molecule has 0 atom stereocenters. The summed E-state index contributed by atoms with van der Waals surface area (Å²) >= 11 is 0. The van der Waals surface area contributed by atoms with Crippen molar-refractivity contribution < 1.29 is 18.5 Å². The standard InChI is InChI=1S/C22H19FN4O3/c1-3-17(19(24)22(29)25-16-11-9-15(23)10-12-16)26-21(28)18-13(2)30-27-20(18)14-7-5-4-6-8-14/h3-12,24H,1-2H3,(H,25,29)(H,26,28)/b17-3+,24-19?. The summed E-state index contributed by atoms with van der Waals surface area (Å²) in [6.07, 6.45) is 1.44. The number of rotatable bonds is 6. The molecule has 7 nitrogen and oxygen atoms in total. The van der Waals surface area contributed by atoms with Crippen LogP contribution in [0.5, 0.6) is 0 Å². The van der Waals surface area contributed by atoms with E-state index in [-0.39, 0.29) is 11.3 Å². The summed E-state index contributed by atoms with van der Waals surface area (Å²) in [7, 11) is 0. The highest BCUT2D eigenvalue weighted by atomic mass is 19.1. The normalized spacial score (nSPS) is 11.1. The molecule has 3 aromatic rings. The number of nitrogens with one attached hydrogen (secondary N) is 3. The largest absolute Gasteiger partial charge is 0.360 e. The van der Waals surface area contributed by atoms with Gasteiger partial charge < -0.3 is 15.2 Å². The quantitative estimate of drug-likeness (QED) is 0.536. The van der Waals surface area contributed by atoms with Crippen LogP contribution in [-0.4, -0.2) is 22.7 Å². The number of benzene rings is 2. The molecule has 152 valence electrons. The van der Waals surface area contributed by atoms with Crippen molar-refractivity contribution in [3.63, 3.8) is 0 Å². The van der Waals surface area contributed by atoms with Gasteiger partial charge in [-0.25, -0.2) is 4.39 Å². The van der Waals surface area contributed by atoms with Gasteiger partial charge in [0.1, 0.15) is 28.5 Å². The van der Waals surface area contributed by atoms with Crippen LogP contribution in [0.25, 0.3) is 11.3 Å². The fourth-order valence-electron chi connectivity index (χ4n) is 2.75. The second kappa shape index (κ2) is 8.95. The molecule has 3 rings (SSSR count). The van der Waals surface area contributed by atoms with Crippen LogP contribution in [0.1, 0.15) is 23.0 Å². The smallest absolute Gasteiger partial charge is 0.275 e. The zero-order chi connectivity index (χ0) is 21.7. The summed E-state index contributed by atoms with van der Waals surface area (Å²) in [5.74, 6) is -1.44. The van der Waals surface area contributed by atoms with Crippen LogP contribution in [0.2, 0.25) is 0 Å². The van der Waals surface area contributed by atoms with Crippen LogP contribution >= 0.6 is 0 Å². The number of carbonyl (C=O) groups is 2. The van der Waals surface area contributed by atoms with Crippen LogP contribution in [0.4, 0.5) is 10.1 Å². The van der Waals surface area contributed by atoms with Crippen LogP contribution in [0, 0.1) is 18.2 Å². The van der Waals surface area contributed by atoms with Crippen LogP contribution < -0.4 is 10.6 Å². The minimum absolute atomic E-state index is 0.0132. The summed E-state index contributed by atoms with van der Waals surface area (Å²) in [5, 5.41) is 17.1. The topological polar surface area (TPSA) is 108 Å². The summed E-state index contributed by atoms with van der Waals surface area (Å²) in [5.41, 5.74) is 1.17. The first-order chi connectivity index (χ1) is 14.4. The molecule has 8 heteroatoms. The third-order valence-electron chi connectivity index (χ3n) is 4.27. The Hall–Kier alpha value is -4.07. The van der Waals surface area contributed by atoms with E-state index in [0.717, 1.165) is 0 Å². The lowest BCUT2D eigenvalue weighted by molar-refractivity contribution is -0.110. The van der Waals surface area contributed by atoms with E-state index in [1.54, 1.807) is 26.0 Å².